The van der Waals surface area contributed by atoms with Crippen LogP contribution < -0.4 is 16.6 Å². The van der Waals surface area contributed by atoms with Gasteiger partial charge in [-0.15, -0.1) is 12.4 Å². The number of hydrogen-bond donors (Lipinski definition) is 2. The van der Waals surface area contributed by atoms with Crippen LogP contribution in [0.3, 0.4) is 0 Å². The summed E-state index contributed by atoms with van der Waals surface area (Å²) in [5, 5.41) is 3.00. The van der Waals surface area contributed by atoms with Gasteiger partial charge in [-0.05, 0) is 25.7 Å². The summed E-state index contributed by atoms with van der Waals surface area (Å²) in [5.41, 5.74) is 6.11. The number of nitrogens with zero attached hydrogens (tertiary/aromatic N) is 2. The first-order valence-corrected chi connectivity index (χ1v) is 6.97. The molecule has 0 saturated heterocycles. The Bertz CT molecular complexity index is 763. The Morgan fingerprint density at radius 2 is 2.27 bits per heavy atom. The lowest BCUT2D eigenvalue weighted by molar-refractivity contribution is 0.0950. The van der Waals surface area contributed by atoms with Gasteiger partial charge in [0.2, 0.25) is 5.71 Å². The maximum atomic E-state index is 12.3. The highest BCUT2D eigenvalue weighted by atomic mass is 35.5. The van der Waals surface area contributed by atoms with E-state index < -0.39 is 0 Å². The maximum absolute atomic E-state index is 12.3. The molecule has 0 bridgehead atoms. The van der Waals surface area contributed by atoms with Crippen LogP contribution in [-0.4, -0.2) is 28.0 Å². The van der Waals surface area contributed by atoms with E-state index in [0.717, 1.165) is 12.8 Å². The quantitative estimate of drug-likeness (QED) is 0.862. The molecule has 2 heterocycles. The van der Waals surface area contributed by atoms with Crippen molar-refractivity contribution in [2.45, 2.75) is 25.8 Å². The van der Waals surface area contributed by atoms with Gasteiger partial charge in [0.25, 0.3) is 11.5 Å². The third kappa shape index (κ3) is 2.86. The van der Waals surface area contributed by atoms with Crippen molar-refractivity contribution in [3.63, 3.8) is 0 Å². The average molecular weight is 327 g/mol. The molecule has 2 aromatic heterocycles. The predicted octanol–water partition coefficient (Wildman–Crippen LogP) is 0.724. The highest BCUT2D eigenvalue weighted by Crippen LogP contribution is 2.31. The molecule has 1 unspecified atom stereocenters. The van der Waals surface area contributed by atoms with E-state index in [-0.39, 0.29) is 46.6 Å². The van der Waals surface area contributed by atoms with Crippen LogP contribution >= 0.6 is 12.4 Å². The normalized spacial score (nSPS) is 15.4. The van der Waals surface area contributed by atoms with Crippen molar-refractivity contribution in [1.29, 1.82) is 0 Å². The van der Waals surface area contributed by atoms with Gasteiger partial charge >= 0.3 is 0 Å². The van der Waals surface area contributed by atoms with Gasteiger partial charge in [-0.25, -0.2) is 4.98 Å². The lowest BCUT2D eigenvalue weighted by Gasteiger charge is -2.11. The van der Waals surface area contributed by atoms with Crippen LogP contribution in [0.2, 0.25) is 0 Å². The number of aryl methyl sites for hydroxylation is 2. The molecule has 8 heteroatoms. The van der Waals surface area contributed by atoms with E-state index in [1.54, 1.807) is 14.0 Å². The first kappa shape index (κ1) is 16.5. The highest BCUT2D eigenvalue weighted by Gasteiger charge is 2.29. The maximum Gasteiger partial charge on any atom is 0.265 e. The zero-order chi connectivity index (χ0) is 15.1. The number of carbonyl (C=O) groups excluding carboxylic acids is 1. The van der Waals surface area contributed by atoms with Crippen molar-refractivity contribution < 1.29 is 9.21 Å². The van der Waals surface area contributed by atoms with E-state index in [2.05, 4.69) is 10.3 Å². The molecule has 0 radical (unpaired) electrons. The molecule has 1 atom stereocenters. The predicted molar refractivity (Wildman–Crippen MR) is 84.3 cm³/mol. The summed E-state index contributed by atoms with van der Waals surface area (Å²) in [6, 6.07) is -0.0339. The SMILES string of the molecule is Cc1oc2ncn(C)c(=O)c2c1C(=O)NCC(N)C1CC1.Cl. The second kappa shape index (κ2) is 6.10. The van der Waals surface area contributed by atoms with Crippen molar-refractivity contribution in [2.24, 2.45) is 18.7 Å². The molecule has 3 rings (SSSR count). The van der Waals surface area contributed by atoms with Crippen molar-refractivity contribution >= 4 is 29.4 Å². The van der Waals surface area contributed by atoms with Crippen molar-refractivity contribution in [3.05, 3.63) is 28.0 Å². The number of amides is 1. The summed E-state index contributed by atoms with van der Waals surface area (Å²) < 4.78 is 6.73. The summed E-state index contributed by atoms with van der Waals surface area (Å²) in [4.78, 5) is 28.6. The average Bonchev–Trinajstić information content (AvgIpc) is 3.23. The van der Waals surface area contributed by atoms with Crippen molar-refractivity contribution in [1.82, 2.24) is 14.9 Å². The molecule has 0 spiro atoms. The fourth-order valence-corrected chi connectivity index (χ4v) is 2.45. The fourth-order valence-electron chi connectivity index (χ4n) is 2.45. The van der Waals surface area contributed by atoms with Gasteiger partial charge in [0.1, 0.15) is 17.5 Å². The number of nitrogens with two attached hydrogens (primary N) is 1. The van der Waals surface area contributed by atoms with E-state index in [9.17, 15) is 9.59 Å². The molecule has 2 aromatic rings. The number of halogens is 1. The Balaban J connectivity index is 0.00000176. The molecule has 3 N–H and O–H groups in total. The van der Waals surface area contributed by atoms with E-state index >= 15 is 0 Å². The first-order chi connectivity index (χ1) is 9.99. The van der Waals surface area contributed by atoms with Gasteiger partial charge in [-0.2, -0.15) is 0 Å². The van der Waals surface area contributed by atoms with Crippen LogP contribution in [0.15, 0.2) is 15.5 Å². The molecule has 1 amide bonds. The second-order valence-corrected chi connectivity index (χ2v) is 5.59. The second-order valence-electron chi connectivity index (χ2n) is 5.59. The number of rotatable bonds is 4. The van der Waals surface area contributed by atoms with Gasteiger partial charge in [0.05, 0.1) is 5.56 Å². The third-order valence-electron chi connectivity index (χ3n) is 3.90. The number of carbonyl (C=O) groups is 1. The summed E-state index contributed by atoms with van der Waals surface area (Å²) in [5.74, 6) is 0.549. The number of aromatic nitrogens is 2. The van der Waals surface area contributed by atoms with Crippen LogP contribution in [0.1, 0.15) is 29.0 Å². The lowest BCUT2D eigenvalue weighted by Crippen LogP contribution is -2.39. The summed E-state index contributed by atoms with van der Waals surface area (Å²) in [6.07, 6.45) is 3.61. The molecular weight excluding hydrogens is 308 g/mol. The molecule has 120 valence electrons. The smallest absolute Gasteiger partial charge is 0.265 e. The zero-order valence-electron chi connectivity index (χ0n) is 12.5. The van der Waals surface area contributed by atoms with Crippen LogP contribution in [0, 0.1) is 12.8 Å². The first-order valence-electron chi connectivity index (χ1n) is 6.97. The number of fused-ring (bicyclic) bond motifs is 1. The number of hydrogen-bond acceptors (Lipinski definition) is 5. The van der Waals surface area contributed by atoms with Gasteiger partial charge in [0, 0.05) is 19.6 Å². The Morgan fingerprint density at radius 1 is 1.59 bits per heavy atom. The van der Waals surface area contributed by atoms with Crippen LogP contribution in [0.4, 0.5) is 0 Å². The molecule has 7 nitrogen and oxygen atoms in total. The monoisotopic (exact) mass is 326 g/mol. The largest absolute Gasteiger partial charge is 0.442 e. The van der Waals surface area contributed by atoms with E-state index in [1.165, 1.54) is 10.9 Å². The minimum Gasteiger partial charge on any atom is -0.442 e. The topological polar surface area (TPSA) is 103 Å². The van der Waals surface area contributed by atoms with E-state index in [4.69, 9.17) is 10.2 Å². The summed E-state index contributed by atoms with van der Waals surface area (Å²) >= 11 is 0. The summed E-state index contributed by atoms with van der Waals surface area (Å²) in [7, 11) is 1.59. The molecule has 1 fully saturated rings. The van der Waals surface area contributed by atoms with E-state index in [1.807, 2.05) is 0 Å². The Morgan fingerprint density at radius 3 is 2.91 bits per heavy atom. The molecule has 0 aromatic carbocycles. The van der Waals surface area contributed by atoms with Crippen LogP contribution in [-0.2, 0) is 7.05 Å². The molecular formula is C14H19ClN4O3. The zero-order valence-corrected chi connectivity index (χ0v) is 13.3. The molecule has 1 aliphatic rings. The van der Waals surface area contributed by atoms with Gasteiger partial charge in [0.15, 0.2) is 0 Å². The minimum atomic E-state index is -0.340. The Labute approximate surface area is 133 Å². The third-order valence-corrected chi connectivity index (χ3v) is 3.90. The number of nitrogens with one attached hydrogen (secondary N) is 1. The molecule has 1 saturated carbocycles. The summed E-state index contributed by atoms with van der Waals surface area (Å²) in [6.45, 7) is 2.05. The van der Waals surface area contributed by atoms with Crippen molar-refractivity contribution in [2.75, 3.05) is 6.54 Å². The van der Waals surface area contributed by atoms with Crippen molar-refractivity contribution in [3.8, 4) is 0 Å². The minimum absolute atomic E-state index is 0. The molecule has 0 aliphatic heterocycles. The standard InChI is InChI=1S/C14H18N4O3.ClH/c1-7-10(12(19)16-5-9(15)8-3-4-8)11-13(21-7)17-6-18(2)14(11)20;/h6,8-9H,3-5,15H2,1-2H3,(H,16,19);1H. The van der Waals surface area contributed by atoms with Gasteiger partial charge < -0.3 is 20.0 Å². The van der Waals surface area contributed by atoms with Crippen LogP contribution in [0.5, 0.6) is 0 Å². The lowest BCUT2D eigenvalue weighted by atomic mass is 10.1. The Kier molecular flexibility index (Phi) is 4.58. The van der Waals surface area contributed by atoms with Gasteiger partial charge in [-0.3, -0.25) is 9.59 Å². The number of furan rings is 1. The molecule has 1 aliphatic carbocycles. The highest BCUT2D eigenvalue weighted by molar-refractivity contribution is 6.06. The molecule has 22 heavy (non-hydrogen) atoms. The van der Waals surface area contributed by atoms with Gasteiger partial charge in [-0.1, -0.05) is 0 Å². The van der Waals surface area contributed by atoms with E-state index in [0.29, 0.717) is 18.2 Å². The fraction of sp³-hybridized carbons (Fsp3) is 0.500. The Hall–Kier alpha value is -1.86. The van der Waals surface area contributed by atoms with Crippen LogP contribution in [0.25, 0.3) is 11.1 Å².